The number of aryl methyl sites for hydroxylation is 1. The molecular weight excluding hydrogens is 692 g/mol. The van der Waals surface area contributed by atoms with Gasteiger partial charge in [0.2, 0.25) is 0 Å². The molecule has 0 nitrogen and oxygen atoms in total. The van der Waals surface area contributed by atoms with Crippen molar-refractivity contribution in [3.8, 4) is 11.1 Å². The van der Waals surface area contributed by atoms with Crippen LogP contribution in [0.2, 0.25) is 0 Å². The SMILES string of the molecule is Cc1cc2c(-c3ccccc3)cccc2[cH-]1.[F-].[F-].[Hf+4].c1ccc(P(c2ccccc2)c2cc3ccccc3[cH-]2)cc1. The maximum Gasteiger partial charge on any atom is 4.00 e. The van der Waals surface area contributed by atoms with Crippen LogP contribution in [-0.2, 0) is 25.8 Å². The van der Waals surface area contributed by atoms with Crippen molar-refractivity contribution in [3.05, 3.63) is 163 Å². The molecule has 0 aliphatic heterocycles. The summed E-state index contributed by atoms with van der Waals surface area (Å²) in [5, 5.41) is 9.57. The van der Waals surface area contributed by atoms with Crippen LogP contribution in [0.5, 0.6) is 0 Å². The van der Waals surface area contributed by atoms with Crippen molar-refractivity contribution in [3.63, 3.8) is 0 Å². The Labute approximate surface area is 260 Å². The summed E-state index contributed by atoms with van der Waals surface area (Å²) in [4.78, 5) is 0. The van der Waals surface area contributed by atoms with Gasteiger partial charge in [-0.05, 0) is 24.1 Å². The van der Waals surface area contributed by atoms with Crippen LogP contribution in [0.15, 0.2) is 158 Å². The molecule has 0 aliphatic rings. The van der Waals surface area contributed by atoms with Crippen LogP contribution in [-0.4, -0.2) is 0 Å². The summed E-state index contributed by atoms with van der Waals surface area (Å²) in [5.74, 6) is 0. The molecule has 200 valence electrons. The van der Waals surface area contributed by atoms with Crippen molar-refractivity contribution in [2.45, 2.75) is 6.92 Å². The molecule has 0 amide bonds. The van der Waals surface area contributed by atoms with E-state index in [0.29, 0.717) is 0 Å². The predicted octanol–water partition coefficient (Wildman–Crippen LogP) is 2.86. The molecule has 7 aromatic carbocycles. The molecule has 7 aromatic rings. The summed E-state index contributed by atoms with van der Waals surface area (Å²) < 4.78 is 0. The number of fused-ring (bicyclic) bond motifs is 2. The van der Waals surface area contributed by atoms with Gasteiger partial charge < -0.3 is 9.41 Å². The Morgan fingerprint density at radius 1 is 0.512 bits per heavy atom. The van der Waals surface area contributed by atoms with E-state index in [-0.39, 0.29) is 35.3 Å². The first-order valence-corrected chi connectivity index (χ1v) is 14.4. The van der Waals surface area contributed by atoms with Crippen LogP contribution < -0.4 is 25.3 Å². The summed E-state index contributed by atoms with van der Waals surface area (Å²) in [6, 6.07) is 56.6. The number of hydrogen-bond acceptors (Lipinski definition) is 0. The Balaban J connectivity index is 0.000000219. The topological polar surface area (TPSA) is 0 Å². The minimum Gasteiger partial charge on any atom is -1.00 e. The molecule has 7 rings (SSSR count). The van der Waals surface area contributed by atoms with Crippen LogP contribution >= 0.6 is 7.92 Å². The van der Waals surface area contributed by atoms with Crippen LogP contribution in [0.3, 0.4) is 0 Å². The maximum atomic E-state index is 2.35. The molecule has 0 saturated heterocycles. The van der Waals surface area contributed by atoms with Gasteiger partial charge in [0.05, 0.1) is 0 Å². The first-order chi connectivity index (χ1) is 18.8. The normalized spacial score (nSPS) is 10.2. The van der Waals surface area contributed by atoms with E-state index in [2.05, 4.69) is 165 Å². The van der Waals surface area contributed by atoms with Crippen molar-refractivity contribution in [2.24, 2.45) is 0 Å². The summed E-state index contributed by atoms with van der Waals surface area (Å²) >= 11 is 0. The third-order valence-electron chi connectivity index (χ3n) is 6.87. The zero-order chi connectivity index (χ0) is 25.7. The molecule has 0 saturated carbocycles. The average Bonchev–Trinajstić information content (AvgIpc) is 3.57. The number of halogens is 2. The second-order valence-electron chi connectivity index (χ2n) is 9.56. The molecule has 0 aromatic heterocycles. The number of rotatable bonds is 4. The van der Waals surface area contributed by atoms with Gasteiger partial charge in [-0.25, -0.2) is 0 Å². The van der Waals surface area contributed by atoms with Gasteiger partial charge >= 0.3 is 25.8 Å². The minimum atomic E-state index is -0.493. The van der Waals surface area contributed by atoms with Crippen molar-refractivity contribution in [1.29, 1.82) is 0 Å². The zero-order valence-corrected chi connectivity index (χ0v) is 27.2. The predicted molar refractivity (Wildman–Crippen MR) is 168 cm³/mol. The Hall–Kier alpha value is -3.52. The van der Waals surface area contributed by atoms with Gasteiger partial charge in [-0.2, -0.15) is 12.1 Å². The Bertz CT molecular complexity index is 1700. The molecule has 0 spiro atoms. The van der Waals surface area contributed by atoms with E-state index in [0.717, 1.165) is 0 Å². The van der Waals surface area contributed by atoms with Gasteiger partial charge in [0.25, 0.3) is 0 Å². The molecule has 0 heterocycles. The van der Waals surface area contributed by atoms with E-state index in [1.165, 1.54) is 54.1 Å². The molecule has 0 fully saturated rings. The van der Waals surface area contributed by atoms with Crippen LogP contribution in [0.1, 0.15) is 5.56 Å². The molecule has 41 heavy (non-hydrogen) atoms. The fraction of sp³-hybridized carbons (Fsp3) is 0.0270. The van der Waals surface area contributed by atoms with Gasteiger partial charge in [0.1, 0.15) is 0 Å². The van der Waals surface area contributed by atoms with Gasteiger partial charge in [-0.15, -0.1) is 74.9 Å². The van der Waals surface area contributed by atoms with E-state index in [1.54, 1.807) is 0 Å². The quantitative estimate of drug-likeness (QED) is 0.149. The molecule has 0 aliphatic carbocycles. The molecule has 0 N–H and O–H groups in total. The molecule has 0 bridgehead atoms. The van der Waals surface area contributed by atoms with Gasteiger partial charge in [0, 0.05) is 0 Å². The minimum absolute atomic E-state index is 0. The standard InChI is InChI=1S/C21H16P.C16H13.2FH.Hf/c1-3-11-19(12-4-1)22(20-13-5-2-6-14-20)21-15-17-9-7-8-10-18(17)16-21;1-12-10-14-8-5-9-15(16(14)11-12)13-6-3-2-4-7-13;;;/h1-16H;2-11H,1H3;2*1H;/q2*-1;;;+4/p-2. The average molecular weight is 721 g/mol. The van der Waals surface area contributed by atoms with E-state index in [4.69, 9.17) is 0 Å². The summed E-state index contributed by atoms with van der Waals surface area (Å²) in [6.45, 7) is 2.15. The van der Waals surface area contributed by atoms with Crippen molar-refractivity contribution >= 4 is 45.4 Å². The second kappa shape index (κ2) is 14.9. The third kappa shape index (κ3) is 7.22. The number of hydrogen-bond donors (Lipinski definition) is 0. The van der Waals surface area contributed by atoms with E-state index < -0.39 is 7.92 Å². The van der Waals surface area contributed by atoms with Crippen LogP contribution in [0.25, 0.3) is 32.7 Å². The Morgan fingerprint density at radius 3 is 1.66 bits per heavy atom. The fourth-order valence-corrected chi connectivity index (χ4v) is 7.49. The van der Waals surface area contributed by atoms with Gasteiger partial charge in [-0.1, -0.05) is 116 Å². The maximum absolute atomic E-state index is 2.35. The largest absolute Gasteiger partial charge is 4.00 e. The second-order valence-corrected chi connectivity index (χ2v) is 11.8. The summed E-state index contributed by atoms with van der Waals surface area (Å²) in [6.07, 6.45) is 0. The molecular formula is C37H29F2HfP. The first kappa shape index (κ1) is 32.0. The Kier molecular flexibility index (Phi) is 11.6. The molecule has 0 radical (unpaired) electrons. The van der Waals surface area contributed by atoms with Crippen molar-refractivity contribution < 1.29 is 35.3 Å². The van der Waals surface area contributed by atoms with Gasteiger partial charge in [0.15, 0.2) is 0 Å². The molecule has 0 atom stereocenters. The number of benzene rings is 5. The zero-order valence-electron chi connectivity index (χ0n) is 22.7. The van der Waals surface area contributed by atoms with E-state index in [1.807, 2.05) is 0 Å². The van der Waals surface area contributed by atoms with Crippen LogP contribution in [0, 0.1) is 6.92 Å². The first-order valence-electron chi connectivity index (χ1n) is 13.0. The monoisotopic (exact) mass is 722 g/mol. The fourth-order valence-electron chi connectivity index (χ4n) is 5.12. The van der Waals surface area contributed by atoms with Crippen molar-refractivity contribution in [1.82, 2.24) is 0 Å². The Morgan fingerprint density at radius 2 is 1.05 bits per heavy atom. The van der Waals surface area contributed by atoms with Gasteiger partial charge in [-0.3, -0.25) is 0 Å². The van der Waals surface area contributed by atoms with Crippen LogP contribution in [0.4, 0.5) is 0 Å². The van der Waals surface area contributed by atoms with E-state index in [9.17, 15) is 0 Å². The summed E-state index contributed by atoms with van der Waals surface area (Å²) in [5.41, 5.74) is 3.95. The molecule has 0 unspecified atom stereocenters. The summed E-state index contributed by atoms with van der Waals surface area (Å²) in [7, 11) is -0.493. The van der Waals surface area contributed by atoms with E-state index >= 15 is 0 Å². The molecule has 4 heteroatoms. The van der Waals surface area contributed by atoms with Crippen molar-refractivity contribution in [2.75, 3.05) is 0 Å². The third-order valence-corrected chi connectivity index (χ3v) is 9.27. The smallest absolute Gasteiger partial charge is 1.00 e.